The van der Waals surface area contributed by atoms with Crippen LogP contribution in [0, 0.1) is 19.8 Å². The van der Waals surface area contributed by atoms with Gasteiger partial charge in [-0.15, -0.1) is 0 Å². The quantitative estimate of drug-likeness (QED) is 0.733. The number of aryl methyl sites for hydroxylation is 2. The zero-order chi connectivity index (χ0) is 20.8. The van der Waals surface area contributed by atoms with E-state index in [4.69, 9.17) is 14.0 Å². The third kappa shape index (κ3) is 5.81. The number of benzene rings is 1. The summed E-state index contributed by atoms with van der Waals surface area (Å²) in [6.45, 7) is 12.5. The second-order valence-electron chi connectivity index (χ2n) is 7.94. The molecule has 1 amide bonds. The summed E-state index contributed by atoms with van der Waals surface area (Å²) < 4.78 is 16.9. The van der Waals surface area contributed by atoms with Crippen molar-refractivity contribution in [3.8, 4) is 5.75 Å². The number of rotatable bonds is 8. The molecule has 1 aliphatic rings. The third-order valence-corrected chi connectivity index (χ3v) is 5.02. The molecule has 1 saturated heterocycles. The fourth-order valence-electron chi connectivity index (χ4n) is 3.53. The van der Waals surface area contributed by atoms with Crippen LogP contribution in [0.25, 0.3) is 0 Å². The Hall–Kier alpha value is -2.38. The van der Waals surface area contributed by atoms with Crippen molar-refractivity contribution in [2.45, 2.75) is 40.4 Å². The molecule has 1 aliphatic heterocycles. The van der Waals surface area contributed by atoms with Crippen LogP contribution in [-0.2, 0) is 11.3 Å². The lowest BCUT2D eigenvalue weighted by Gasteiger charge is -2.34. The third-order valence-electron chi connectivity index (χ3n) is 5.02. The van der Waals surface area contributed by atoms with E-state index in [1.165, 1.54) is 0 Å². The molecule has 1 aromatic heterocycles. The molecule has 1 unspecified atom stereocenters. The maximum absolute atomic E-state index is 12.8. The highest BCUT2D eigenvalue weighted by molar-refractivity contribution is 5.96. The summed E-state index contributed by atoms with van der Waals surface area (Å²) >= 11 is 0. The predicted molar refractivity (Wildman–Crippen MR) is 110 cm³/mol. The Labute approximate surface area is 172 Å². The number of hydrogen-bond donors (Lipinski definition) is 1. The first-order valence-electron chi connectivity index (χ1n) is 10.2. The van der Waals surface area contributed by atoms with Crippen LogP contribution in [0.4, 0.5) is 0 Å². The van der Waals surface area contributed by atoms with E-state index in [-0.39, 0.29) is 12.0 Å². The Morgan fingerprint density at radius 1 is 1.34 bits per heavy atom. The molecule has 29 heavy (non-hydrogen) atoms. The van der Waals surface area contributed by atoms with Gasteiger partial charge in [-0.3, -0.25) is 9.69 Å². The number of nitrogens with one attached hydrogen (secondary N) is 1. The van der Waals surface area contributed by atoms with Gasteiger partial charge < -0.3 is 19.3 Å². The van der Waals surface area contributed by atoms with E-state index in [0.717, 1.165) is 36.7 Å². The maximum atomic E-state index is 12.8. The number of para-hydroxylation sites is 1. The minimum atomic E-state index is -0.163. The molecular weight excluding hydrogens is 370 g/mol. The summed E-state index contributed by atoms with van der Waals surface area (Å²) in [6.07, 6.45) is 0.00170. The summed E-state index contributed by atoms with van der Waals surface area (Å²) in [4.78, 5) is 15.2. The van der Waals surface area contributed by atoms with E-state index in [1.54, 1.807) is 12.1 Å². The van der Waals surface area contributed by atoms with E-state index in [0.29, 0.717) is 37.0 Å². The molecule has 7 nitrogen and oxygen atoms in total. The highest BCUT2D eigenvalue weighted by Gasteiger charge is 2.22. The predicted octanol–water partition coefficient (Wildman–Crippen LogP) is 2.96. The van der Waals surface area contributed by atoms with Crippen LogP contribution in [0.15, 0.2) is 28.8 Å². The number of ether oxygens (including phenoxy) is 2. The average molecular weight is 402 g/mol. The normalized spacial score (nSPS) is 17.5. The van der Waals surface area contributed by atoms with Gasteiger partial charge in [0.1, 0.15) is 18.1 Å². The van der Waals surface area contributed by atoms with Crippen molar-refractivity contribution in [2.24, 2.45) is 5.92 Å². The molecule has 158 valence electrons. The Morgan fingerprint density at radius 3 is 2.86 bits per heavy atom. The average Bonchev–Trinajstić information content (AvgIpc) is 3.02. The molecule has 7 heteroatoms. The van der Waals surface area contributed by atoms with Crippen molar-refractivity contribution < 1.29 is 18.8 Å². The summed E-state index contributed by atoms with van der Waals surface area (Å²) in [5.74, 6) is 1.72. The lowest BCUT2D eigenvalue weighted by Crippen LogP contribution is -2.48. The first kappa shape index (κ1) is 21.3. The molecule has 2 aromatic rings. The number of amides is 1. The van der Waals surface area contributed by atoms with Crippen molar-refractivity contribution in [3.05, 3.63) is 46.8 Å². The van der Waals surface area contributed by atoms with Gasteiger partial charge in [0.05, 0.1) is 29.5 Å². The van der Waals surface area contributed by atoms with Crippen LogP contribution < -0.4 is 10.1 Å². The maximum Gasteiger partial charge on any atom is 0.255 e. The van der Waals surface area contributed by atoms with Gasteiger partial charge in [-0.05, 0) is 31.9 Å². The van der Waals surface area contributed by atoms with Gasteiger partial charge in [0.2, 0.25) is 0 Å². The highest BCUT2D eigenvalue weighted by Crippen LogP contribution is 2.21. The SMILES string of the molecule is Cc1noc(C)c1COc1ccccc1C(=O)NCC1CN(CC(C)C)CCO1. The zero-order valence-corrected chi connectivity index (χ0v) is 17.7. The Kier molecular flexibility index (Phi) is 7.28. The molecule has 0 aliphatic carbocycles. The number of carbonyl (C=O) groups is 1. The topological polar surface area (TPSA) is 76.8 Å². The van der Waals surface area contributed by atoms with E-state index in [1.807, 2.05) is 26.0 Å². The van der Waals surface area contributed by atoms with Crippen molar-refractivity contribution in [1.29, 1.82) is 0 Å². The molecule has 2 heterocycles. The van der Waals surface area contributed by atoms with Gasteiger partial charge in [0.15, 0.2) is 0 Å². The van der Waals surface area contributed by atoms with Crippen LogP contribution in [0.1, 0.15) is 41.2 Å². The summed E-state index contributed by atoms with van der Waals surface area (Å²) in [5, 5.41) is 6.94. The van der Waals surface area contributed by atoms with E-state index in [2.05, 4.69) is 29.2 Å². The van der Waals surface area contributed by atoms with E-state index >= 15 is 0 Å². The van der Waals surface area contributed by atoms with Gasteiger partial charge in [0, 0.05) is 26.2 Å². The molecule has 1 N–H and O–H groups in total. The first-order chi connectivity index (χ1) is 13.9. The fraction of sp³-hybridized carbons (Fsp3) is 0.545. The van der Waals surface area contributed by atoms with Crippen molar-refractivity contribution in [2.75, 3.05) is 32.8 Å². The lowest BCUT2D eigenvalue weighted by atomic mass is 10.1. The van der Waals surface area contributed by atoms with Gasteiger partial charge >= 0.3 is 0 Å². The van der Waals surface area contributed by atoms with Gasteiger partial charge in [-0.25, -0.2) is 0 Å². The molecule has 0 bridgehead atoms. The van der Waals surface area contributed by atoms with Crippen LogP contribution >= 0.6 is 0 Å². The number of nitrogens with zero attached hydrogens (tertiary/aromatic N) is 2. The standard InChI is InChI=1S/C22H31N3O4/c1-15(2)12-25-9-10-27-18(13-25)11-23-22(26)19-7-5-6-8-21(19)28-14-20-16(3)24-29-17(20)4/h5-8,15,18H,9-14H2,1-4H3,(H,23,26). The highest BCUT2D eigenvalue weighted by atomic mass is 16.5. The lowest BCUT2D eigenvalue weighted by molar-refractivity contribution is -0.0295. The number of carbonyl (C=O) groups excluding carboxylic acids is 1. The Bertz CT molecular complexity index is 799. The zero-order valence-electron chi connectivity index (χ0n) is 17.7. The number of morpholine rings is 1. The summed E-state index contributed by atoms with van der Waals surface area (Å²) in [6, 6.07) is 7.26. The minimum Gasteiger partial charge on any atom is -0.488 e. The summed E-state index contributed by atoms with van der Waals surface area (Å²) in [7, 11) is 0. The van der Waals surface area contributed by atoms with Gasteiger partial charge in [-0.1, -0.05) is 31.1 Å². The first-order valence-corrected chi connectivity index (χ1v) is 10.2. The molecule has 3 rings (SSSR count). The van der Waals surface area contributed by atoms with Crippen molar-refractivity contribution >= 4 is 5.91 Å². The van der Waals surface area contributed by atoms with Crippen molar-refractivity contribution in [3.63, 3.8) is 0 Å². The monoisotopic (exact) mass is 401 g/mol. The van der Waals surface area contributed by atoms with Gasteiger partial charge in [-0.2, -0.15) is 0 Å². The molecule has 0 spiro atoms. The van der Waals surface area contributed by atoms with Crippen LogP contribution in [0.3, 0.4) is 0 Å². The minimum absolute atomic E-state index is 0.00170. The van der Waals surface area contributed by atoms with Gasteiger partial charge in [0.25, 0.3) is 5.91 Å². The molecule has 0 radical (unpaired) electrons. The van der Waals surface area contributed by atoms with Crippen molar-refractivity contribution in [1.82, 2.24) is 15.4 Å². The van der Waals surface area contributed by atoms with E-state index < -0.39 is 0 Å². The Balaban J connectivity index is 1.57. The smallest absolute Gasteiger partial charge is 0.255 e. The largest absolute Gasteiger partial charge is 0.488 e. The van der Waals surface area contributed by atoms with Crippen LogP contribution in [-0.4, -0.2) is 54.9 Å². The molecule has 0 saturated carbocycles. The molecule has 1 atom stereocenters. The van der Waals surface area contributed by atoms with Crippen LogP contribution in [0.5, 0.6) is 5.75 Å². The fourth-order valence-corrected chi connectivity index (χ4v) is 3.53. The second-order valence-corrected chi connectivity index (χ2v) is 7.94. The van der Waals surface area contributed by atoms with E-state index in [9.17, 15) is 4.79 Å². The molecule has 1 fully saturated rings. The second kappa shape index (κ2) is 9.89. The number of hydrogen-bond acceptors (Lipinski definition) is 6. The number of aromatic nitrogens is 1. The Morgan fingerprint density at radius 2 is 2.14 bits per heavy atom. The molecular formula is C22H31N3O4. The van der Waals surface area contributed by atoms with Crippen LogP contribution in [0.2, 0.25) is 0 Å². The molecule has 1 aromatic carbocycles. The summed E-state index contributed by atoms with van der Waals surface area (Å²) in [5.41, 5.74) is 2.21.